The summed E-state index contributed by atoms with van der Waals surface area (Å²) in [5.74, 6) is 0.903. The number of amides is 1. The molecular weight excluding hydrogens is 442 g/mol. The highest BCUT2D eigenvalue weighted by atomic mass is 16.5. The number of ether oxygens (including phenoxy) is 1. The summed E-state index contributed by atoms with van der Waals surface area (Å²) in [6, 6.07) is 14.3. The van der Waals surface area contributed by atoms with Gasteiger partial charge in [-0.1, -0.05) is 30.3 Å². The molecule has 0 spiro atoms. The molecule has 0 aliphatic carbocycles. The smallest absolute Gasteiger partial charge is 0.257 e. The van der Waals surface area contributed by atoms with E-state index in [0.29, 0.717) is 43.5 Å². The molecule has 5 rings (SSSR count). The first kappa shape index (κ1) is 24.3. The van der Waals surface area contributed by atoms with Crippen LogP contribution in [0.3, 0.4) is 0 Å². The molecule has 7 nitrogen and oxygen atoms in total. The van der Waals surface area contributed by atoms with E-state index in [-0.39, 0.29) is 12.5 Å². The van der Waals surface area contributed by atoms with Crippen LogP contribution in [0.2, 0.25) is 0 Å². The van der Waals surface area contributed by atoms with Crippen molar-refractivity contribution >= 4 is 5.91 Å². The molecule has 35 heavy (non-hydrogen) atoms. The van der Waals surface area contributed by atoms with Gasteiger partial charge in [0.15, 0.2) is 0 Å². The number of rotatable bonds is 7. The quantitative estimate of drug-likeness (QED) is 0.634. The first-order valence-electron chi connectivity index (χ1n) is 12.9. The van der Waals surface area contributed by atoms with Gasteiger partial charge in [-0.3, -0.25) is 14.6 Å². The number of hydrogen-bond acceptors (Lipinski definition) is 6. The van der Waals surface area contributed by atoms with Gasteiger partial charge < -0.3 is 19.8 Å². The van der Waals surface area contributed by atoms with Crippen molar-refractivity contribution in [3.05, 3.63) is 64.7 Å². The van der Waals surface area contributed by atoms with Gasteiger partial charge in [0.2, 0.25) is 0 Å². The lowest BCUT2D eigenvalue weighted by Crippen LogP contribution is -2.44. The van der Waals surface area contributed by atoms with E-state index in [1.165, 1.54) is 11.1 Å². The van der Waals surface area contributed by atoms with Crippen molar-refractivity contribution in [2.45, 2.75) is 38.5 Å². The molecule has 2 aromatic carbocycles. The number of carbonyl (C=O) groups is 1. The Labute approximate surface area is 207 Å². The van der Waals surface area contributed by atoms with E-state index < -0.39 is 6.10 Å². The predicted molar refractivity (Wildman–Crippen MR) is 134 cm³/mol. The summed E-state index contributed by atoms with van der Waals surface area (Å²) in [6.45, 7) is 6.47. The molecule has 2 N–H and O–H groups in total. The molecule has 0 radical (unpaired) electrons. The van der Waals surface area contributed by atoms with Gasteiger partial charge in [-0.15, -0.1) is 0 Å². The molecule has 0 aromatic heterocycles. The minimum atomic E-state index is -0.608. The molecule has 3 aliphatic heterocycles. The fraction of sp³-hybridized carbons (Fsp3) is 0.536. The van der Waals surface area contributed by atoms with Crippen molar-refractivity contribution in [3.63, 3.8) is 0 Å². The third-order valence-electron chi connectivity index (χ3n) is 7.56. The van der Waals surface area contributed by atoms with E-state index in [4.69, 9.17) is 4.74 Å². The van der Waals surface area contributed by atoms with Crippen molar-refractivity contribution in [2.75, 3.05) is 52.5 Å². The van der Waals surface area contributed by atoms with Gasteiger partial charge in [0.25, 0.3) is 5.91 Å². The Hall–Kier alpha value is -2.45. The largest absolute Gasteiger partial charge is 0.491 e. The zero-order valence-electron chi connectivity index (χ0n) is 20.4. The van der Waals surface area contributed by atoms with Gasteiger partial charge in [0.1, 0.15) is 12.4 Å². The van der Waals surface area contributed by atoms with Crippen LogP contribution in [0, 0.1) is 5.92 Å². The minimum Gasteiger partial charge on any atom is -0.491 e. The summed E-state index contributed by atoms with van der Waals surface area (Å²) >= 11 is 0. The predicted octanol–water partition coefficient (Wildman–Crippen LogP) is 2.14. The summed E-state index contributed by atoms with van der Waals surface area (Å²) < 4.78 is 5.98. The summed E-state index contributed by atoms with van der Waals surface area (Å²) in [5.41, 5.74) is 4.40. The van der Waals surface area contributed by atoms with Crippen molar-refractivity contribution in [1.82, 2.24) is 14.7 Å². The van der Waals surface area contributed by atoms with E-state index in [0.717, 1.165) is 57.5 Å². The van der Waals surface area contributed by atoms with Crippen molar-refractivity contribution < 1.29 is 19.7 Å². The first-order valence-corrected chi connectivity index (χ1v) is 12.9. The second-order valence-electron chi connectivity index (χ2n) is 10.3. The third kappa shape index (κ3) is 5.86. The van der Waals surface area contributed by atoms with Gasteiger partial charge in [-0.25, -0.2) is 0 Å². The van der Waals surface area contributed by atoms with E-state index in [1.807, 2.05) is 18.2 Å². The number of aliphatic hydroxyl groups excluding tert-OH is 2. The Morgan fingerprint density at radius 1 is 1.03 bits per heavy atom. The van der Waals surface area contributed by atoms with Crippen LogP contribution in [-0.4, -0.2) is 89.4 Å². The molecule has 2 atom stereocenters. The number of fused-ring (bicyclic) bond motifs is 2. The van der Waals surface area contributed by atoms with Crippen molar-refractivity contribution in [3.8, 4) is 5.75 Å². The highest BCUT2D eigenvalue weighted by Crippen LogP contribution is 2.27. The number of piperidine rings is 1. The van der Waals surface area contributed by atoms with Crippen LogP contribution in [0.5, 0.6) is 5.75 Å². The molecule has 7 heteroatoms. The molecule has 1 fully saturated rings. The number of likely N-dealkylation sites (tertiary alicyclic amines) is 1. The third-order valence-corrected chi connectivity index (χ3v) is 7.56. The number of benzene rings is 2. The molecule has 1 saturated heterocycles. The Balaban J connectivity index is 1.18. The van der Waals surface area contributed by atoms with Crippen LogP contribution in [0.25, 0.3) is 0 Å². The number of aliphatic hydroxyl groups is 2. The maximum Gasteiger partial charge on any atom is 0.257 e. The maximum absolute atomic E-state index is 13.3. The van der Waals surface area contributed by atoms with Gasteiger partial charge in [-0.05, 0) is 60.5 Å². The van der Waals surface area contributed by atoms with Crippen LogP contribution < -0.4 is 4.74 Å². The Morgan fingerprint density at radius 3 is 2.74 bits per heavy atom. The average molecular weight is 480 g/mol. The highest BCUT2D eigenvalue weighted by Gasteiger charge is 2.27. The van der Waals surface area contributed by atoms with Gasteiger partial charge >= 0.3 is 0 Å². The van der Waals surface area contributed by atoms with E-state index in [1.54, 1.807) is 4.90 Å². The zero-order valence-corrected chi connectivity index (χ0v) is 20.4. The SMILES string of the molecule is O=C1c2ccc(CN3CCCC(CO)C3)cc2OCCN1C[C@H](O)CN1CCc2ccccc2C1. The maximum atomic E-state index is 13.3. The van der Waals surface area contributed by atoms with Crippen LogP contribution in [0.4, 0.5) is 0 Å². The number of carbonyl (C=O) groups excluding carboxylic acids is 1. The van der Waals surface area contributed by atoms with Crippen LogP contribution in [-0.2, 0) is 19.5 Å². The molecular formula is C28H37N3O4. The summed E-state index contributed by atoms with van der Waals surface area (Å²) in [5, 5.41) is 20.3. The van der Waals surface area contributed by atoms with Gasteiger partial charge in [-0.2, -0.15) is 0 Å². The molecule has 188 valence electrons. The Kier molecular flexibility index (Phi) is 7.68. The lowest BCUT2D eigenvalue weighted by molar-refractivity contribution is 0.0501. The van der Waals surface area contributed by atoms with Crippen LogP contribution in [0.15, 0.2) is 42.5 Å². The van der Waals surface area contributed by atoms with Crippen molar-refractivity contribution in [2.24, 2.45) is 5.92 Å². The Morgan fingerprint density at radius 2 is 1.89 bits per heavy atom. The summed E-state index contributed by atoms with van der Waals surface area (Å²) in [7, 11) is 0. The summed E-state index contributed by atoms with van der Waals surface area (Å²) in [4.78, 5) is 19.7. The lowest BCUT2D eigenvalue weighted by Gasteiger charge is -2.32. The number of hydrogen-bond donors (Lipinski definition) is 2. The second kappa shape index (κ2) is 11.1. The number of β-amino-alcohol motifs (C(OH)–C–C–N with tert-alkyl or cyclic N) is 1. The highest BCUT2D eigenvalue weighted by molar-refractivity contribution is 5.97. The lowest BCUT2D eigenvalue weighted by atomic mass is 9.98. The normalized spacial score (nSPS) is 22.2. The monoisotopic (exact) mass is 479 g/mol. The molecule has 0 saturated carbocycles. The molecule has 1 amide bonds. The summed E-state index contributed by atoms with van der Waals surface area (Å²) in [6.07, 6.45) is 2.57. The standard InChI is InChI=1S/C28H37N3O4/c32-20-22-4-3-10-29(16-22)15-21-7-8-26-27(14-21)35-13-12-31(28(26)34)19-25(33)18-30-11-9-23-5-1-2-6-24(23)17-30/h1-2,5-8,14,22,25,32-33H,3-4,9-13,15-20H2/t22?,25-/m1/s1. The van der Waals surface area contributed by atoms with Crippen LogP contribution in [0.1, 0.15) is 39.9 Å². The van der Waals surface area contributed by atoms with E-state index in [2.05, 4.69) is 34.1 Å². The van der Waals surface area contributed by atoms with Crippen molar-refractivity contribution in [1.29, 1.82) is 0 Å². The molecule has 2 aromatic rings. The second-order valence-corrected chi connectivity index (χ2v) is 10.3. The fourth-order valence-electron chi connectivity index (χ4n) is 5.70. The average Bonchev–Trinajstić information content (AvgIpc) is 3.02. The van der Waals surface area contributed by atoms with Gasteiger partial charge in [0.05, 0.1) is 18.2 Å². The molecule has 3 heterocycles. The van der Waals surface area contributed by atoms with Crippen LogP contribution >= 0.6 is 0 Å². The topological polar surface area (TPSA) is 76.5 Å². The van der Waals surface area contributed by atoms with Gasteiger partial charge in [0, 0.05) is 45.9 Å². The fourth-order valence-corrected chi connectivity index (χ4v) is 5.70. The van der Waals surface area contributed by atoms with E-state index >= 15 is 0 Å². The number of nitrogens with zero attached hydrogens (tertiary/aromatic N) is 3. The molecule has 1 unspecified atom stereocenters. The minimum absolute atomic E-state index is 0.0783. The molecule has 3 aliphatic rings. The molecule has 0 bridgehead atoms. The Bertz CT molecular complexity index is 1030. The zero-order chi connectivity index (χ0) is 24.2. The van der Waals surface area contributed by atoms with E-state index in [9.17, 15) is 15.0 Å². The first-order chi connectivity index (χ1) is 17.1.